The average molecular weight is 258 g/mol. The summed E-state index contributed by atoms with van der Waals surface area (Å²) in [6.45, 7) is 0.287. The van der Waals surface area contributed by atoms with E-state index in [4.69, 9.17) is 10.5 Å². The maximum absolute atomic E-state index is 11.7. The van der Waals surface area contributed by atoms with Crippen molar-refractivity contribution in [2.24, 2.45) is 11.7 Å². The number of rotatable bonds is 3. The minimum atomic E-state index is -0.567. The zero-order chi connectivity index (χ0) is 13.6. The first-order valence-corrected chi connectivity index (χ1v) is 6.21. The Morgan fingerprint density at radius 2 is 2.06 bits per heavy atom. The number of ether oxygens (including phenoxy) is 2. The molecule has 104 valence electrons. The number of methoxy groups -OCH3 is 2. The van der Waals surface area contributed by atoms with Crippen LogP contribution in [0.2, 0.25) is 0 Å². The molecule has 1 rings (SSSR count). The fourth-order valence-corrected chi connectivity index (χ4v) is 2.52. The largest absolute Gasteiger partial charge is 0.469 e. The van der Waals surface area contributed by atoms with Gasteiger partial charge in [-0.1, -0.05) is 12.8 Å². The summed E-state index contributed by atoms with van der Waals surface area (Å²) in [6.07, 6.45) is 3.39. The molecule has 18 heavy (non-hydrogen) atoms. The van der Waals surface area contributed by atoms with Crippen molar-refractivity contribution in [1.82, 2.24) is 5.32 Å². The molecule has 6 heteroatoms. The molecular weight excluding hydrogens is 236 g/mol. The van der Waals surface area contributed by atoms with Gasteiger partial charge in [-0.25, -0.2) is 4.79 Å². The first kappa shape index (κ1) is 14.8. The number of alkyl carbamates (subject to hydrolysis) is 1. The smallest absolute Gasteiger partial charge is 0.407 e. The van der Waals surface area contributed by atoms with E-state index in [0.717, 1.165) is 25.7 Å². The summed E-state index contributed by atoms with van der Waals surface area (Å²) in [7, 11) is 2.69. The first-order chi connectivity index (χ1) is 8.56. The second-order valence-electron chi connectivity index (χ2n) is 4.77. The highest BCUT2D eigenvalue weighted by atomic mass is 16.5. The monoisotopic (exact) mass is 258 g/mol. The summed E-state index contributed by atoms with van der Waals surface area (Å²) in [5.74, 6) is -0.445. The number of carbonyl (C=O) groups is 2. The van der Waals surface area contributed by atoms with Crippen LogP contribution in [0.3, 0.4) is 0 Å². The van der Waals surface area contributed by atoms with Gasteiger partial charge in [0, 0.05) is 6.54 Å². The molecule has 0 spiro atoms. The third-order valence-corrected chi connectivity index (χ3v) is 3.57. The van der Waals surface area contributed by atoms with E-state index in [1.165, 1.54) is 14.2 Å². The molecule has 2 atom stereocenters. The number of nitrogens with two attached hydrogens (primary N) is 1. The van der Waals surface area contributed by atoms with E-state index in [2.05, 4.69) is 10.1 Å². The first-order valence-electron chi connectivity index (χ1n) is 6.21. The Morgan fingerprint density at radius 3 is 2.61 bits per heavy atom. The van der Waals surface area contributed by atoms with Crippen LogP contribution >= 0.6 is 0 Å². The molecule has 2 unspecified atom stereocenters. The molecule has 0 radical (unpaired) electrons. The van der Waals surface area contributed by atoms with Gasteiger partial charge in [-0.2, -0.15) is 0 Å². The van der Waals surface area contributed by atoms with E-state index in [-0.39, 0.29) is 18.4 Å². The third-order valence-electron chi connectivity index (χ3n) is 3.57. The summed E-state index contributed by atoms with van der Waals surface area (Å²) in [6, 6.07) is 0. The lowest BCUT2D eigenvalue weighted by Crippen LogP contribution is -2.54. The number of esters is 1. The van der Waals surface area contributed by atoms with Crippen LogP contribution in [-0.2, 0) is 14.3 Å². The molecule has 1 fully saturated rings. The van der Waals surface area contributed by atoms with Gasteiger partial charge in [0.05, 0.1) is 25.7 Å². The van der Waals surface area contributed by atoms with Crippen LogP contribution in [0.1, 0.15) is 32.1 Å². The van der Waals surface area contributed by atoms with Crippen LogP contribution in [0.4, 0.5) is 4.79 Å². The Balaban J connectivity index is 2.81. The number of hydrogen-bond acceptors (Lipinski definition) is 5. The molecule has 0 saturated heterocycles. The molecular formula is C12H22N2O4. The van der Waals surface area contributed by atoms with Gasteiger partial charge in [0.2, 0.25) is 0 Å². The standard InChI is InChI=1S/C12H22N2O4/c1-17-10(15)9-5-3-4-6-12(7-9,8-13)14-11(16)18-2/h9H,3-8,13H2,1-2H3,(H,14,16). The lowest BCUT2D eigenvalue weighted by Gasteiger charge is -2.33. The minimum Gasteiger partial charge on any atom is -0.469 e. The predicted octanol–water partition coefficient (Wildman–Crippen LogP) is 0.793. The van der Waals surface area contributed by atoms with Crippen molar-refractivity contribution in [2.75, 3.05) is 20.8 Å². The normalized spacial score (nSPS) is 28.1. The lowest BCUT2D eigenvalue weighted by atomic mass is 9.85. The molecule has 3 N–H and O–H groups in total. The Morgan fingerprint density at radius 1 is 1.33 bits per heavy atom. The van der Waals surface area contributed by atoms with Gasteiger partial charge < -0.3 is 20.5 Å². The maximum atomic E-state index is 11.7. The van der Waals surface area contributed by atoms with Crippen LogP contribution in [0, 0.1) is 5.92 Å². The number of nitrogens with one attached hydrogen (secondary N) is 1. The van der Waals surface area contributed by atoms with Crippen molar-refractivity contribution < 1.29 is 19.1 Å². The van der Waals surface area contributed by atoms with Gasteiger partial charge in [-0.05, 0) is 19.3 Å². The van der Waals surface area contributed by atoms with Crippen LogP contribution in [0.15, 0.2) is 0 Å². The second-order valence-corrected chi connectivity index (χ2v) is 4.77. The minimum absolute atomic E-state index is 0.210. The summed E-state index contributed by atoms with van der Waals surface area (Å²) in [5, 5.41) is 2.79. The number of amides is 1. The fraction of sp³-hybridized carbons (Fsp3) is 0.833. The van der Waals surface area contributed by atoms with Gasteiger partial charge in [0.15, 0.2) is 0 Å². The molecule has 6 nitrogen and oxygen atoms in total. The fourth-order valence-electron chi connectivity index (χ4n) is 2.52. The van der Waals surface area contributed by atoms with E-state index in [1.807, 2.05) is 0 Å². The highest BCUT2D eigenvalue weighted by Crippen LogP contribution is 2.31. The molecule has 1 saturated carbocycles. The van der Waals surface area contributed by atoms with Crippen molar-refractivity contribution >= 4 is 12.1 Å². The third kappa shape index (κ3) is 3.60. The number of hydrogen-bond donors (Lipinski definition) is 2. The van der Waals surface area contributed by atoms with Gasteiger partial charge in [-0.15, -0.1) is 0 Å². The van der Waals surface area contributed by atoms with Crippen LogP contribution in [0.5, 0.6) is 0 Å². The van der Waals surface area contributed by atoms with Crippen molar-refractivity contribution in [3.8, 4) is 0 Å². The molecule has 0 bridgehead atoms. The van der Waals surface area contributed by atoms with E-state index >= 15 is 0 Å². The summed E-state index contributed by atoms with van der Waals surface area (Å²) >= 11 is 0. The molecule has 0 aromatic carbocycles. The van der Waals surface area contributed by atoms with Crippen LogP contribution in [-0.4, -0.2) is 38.4 Å². The van der Waals surface area contributed by atoms with Crippen molar-refractivity contribution in [2.45, 2.75) is 37.6 Å². The van der Waals surface area contributed by atoms with Crippen molar-refractivity contribution in [1.29, 1.82) is 0 Å². The van der Waals surface area contributed by atoms with Crippen molar-refractivity contribution in [3.05, 3.63) is 0 Å². The maximum Gasteiger partial charge on any atom is 0.407 e. The summed E-state index contributed by atoms with van der Waals surface area (Å²) in [5.41, 5.74) is 5.23. The second kappa shape index (κ2) is 6.58. The summed E-state index contributed by atoms with van der Waals surface area (Å²) in [4.78, 5) is 23.1. The molecule has 0 heterocycles. The molecule has 1 amide bonds. The summed E-state index contributed by atoms with van der Waals surface area (Å²) < 4.78 is 9.41. The molecule has 0 aliphatic heterocycles. The highest BCUT2D eigenvalue weighted by Gasteiger charge is 2.38. The SMILES string of the molecule is COC(=O)NC1(CN)CCCCC(C(=O)OC)C1. The van der Waals surface area contributed by atoms with E-state index in [0.29, 0.717) is 6.42 Å². The Kier molecular flexibility index (Phi) is 5.40. The molecule has 1 aliphatic rings. The predicted molar refractivity (Wildman–Crippen MR) is 65.9 cm³/mol. The Bertz CT molecular complexity index is 308. The Labute approximate surface area is 107 Å². The topological polar surface area (TPSA) is 90.6 Å². The zero-order valence-corrected chi connectivity index (χ0v) is 11.0. The van der Waals surface area contributed by atoms with E-state index in [9.17, 15) is 9.59 Å². The van der Waals surface area contributed by atoms with Gasteiger partial charge in [0.25, 0.3) is 0 Å². The van der Waals surface area contributed by atoms with Crippen molar-refractivity contribution in [3.63, 3.8) is 0 Å². The van der Waals surface area contributed by atoms with Gasteiger partial charge >= 0.3 is 12.1 Å². The average Bonchev–Trinajstić information content (AvgIpc) is 2.61. The van der Waals surface area contributed by atoms with Crippen LogP contribution < -0.4 is 11.1 Å². The van der Waals surface area contributed by atoms with Gasteiger partial charge in [-0.3, -0.25) is 4.79 Å². The van der Waals surface area contributed by atoms with Gasteiger partial charge in [0.1, 0.15) is 0 Å². The van der Waals surface area contributed by atoms with E-state index < -0.39 is 11.6 Å². The van der Waals surface area contributed by atoms with E-state index in [1.54, 1.807) is 0 Å². The molecule has 1 aliphatic carbocycles. The lowest BCUT2D eigenvalue weighted by molar-refractivity contribution is -0.146. The van der Waals surface area contributed by atoms with Crippen LogP contribution in [0.25, 0.3) is 0 Å². The Hall–Kier alpha value is -1.30. The quantitative estimate of drug-likeness (QED) is 0.577. The highest BCUT2D eigenvalue weighted by molar-refractivity contribution is 5.73. The molecule has 0 aromatic heterocycles. The zero-order valence-electron chi connectivity index (χ0n) is 11.0. The molecule has 0 aromatic rings. The number of carbonyl (C=O) groups excluding carboxylic acids is 2.